The van der Waals surface area contributed by atoms with Crippen molar-refractivity contribution in [3.05, 3.63) is 91.1 Å². The number of hydrogen-bond donors (Lipinski definition) is 0. The van der Waals surface area contributed by atoms with Gasteiger partial charge in [0.1, 0.15) is 13.2 Å². The van der Waals surface area contributed by atoms with Crippen molar-refractivity contribution in [1.82, 2.24) is 0 Å². The predicted molar refractivity (Wildman–Crippen MR) is 147 cm³/mol. The summed E-state index contributed by atoms with van der Waals surface area (Å²) >= 11 is 0. The van der Waals surface area contributed by atoms with E-state index in [2.05, 4.69) is 68.5 Å². The SMILES string of the molecule is C=C(C)C(=O)OCc1c(C)c(C)c(CCc2c(C)c(C)c(COC(=O)C(=C)C)c(C)c2C)c(C)c1C. The van der Waals surface area contributed by atoms with Crippen LogP contribution in [0.4, 0.5) is 0 Å². The van der Waals surface area contributed by atoms with Crippen molar-refractivity contribution in [2.75, 3.05) is 0 Å². The van der Waals surface area contributed by atoms with E-state index < -0.39 is 0 Å². The van der Waals surface area contributed by atoms with Crippen molar-refractivity contribution in [2.24, 2.45) is 0 Å². The van der Waals surface area contributed by atoms with Gasteiger partial charge in [0.2, 0.25) is 0 Å². The van der Waals surface area contributed by atoms with E-state index in [1.54, 1.807) is 13.8 Å². The number of carbonyl (C=O) groups excluding carboxylic acids is 2. The molecule has 0 N–H and O–H groups in total. The zero-order valence-corrected chi connectivity index (χ0v) is 23.9. The summed E-state index contributed by atoms with van der Waals surface area (Å²) in [5.41, 5.74) is 15.4. The van der Waals surface area contributed by atoms with Crippen molar-refractivity contribution < 1.29 is 19.1 Å². The van der Waals surface area contributed by atoms with Crippen LogP contribution in [0.1, 0.15) is 80.6 Å². The molecule has 0 bridgehead atoms. The van der Waals surface area contributed by atoms with Gasteiger partial charge in [0, 0.05) is 11.1 Å². The highest BCUT2D eigenvalue weighted by atomic mass is 16.5. The molecule has 0 fully saturated rings. The molecule has 0 aliphatic rings. The number of hydrogen-bond acceptors (Lipinski definition) is 4. The summed E-state index contributed by atoms with van der Waals surface area (Å²) in [7, 11) is 0. The molecule has 36 heavy (non-hydrogen) atoms. The standard InChI is InChI=1S/C32H42O4/c1-17(2)31(33)35-15-29-23(9)19(5)27(20(6)24(29)10)13-14-28-21(7)25(11)30(26(12)22(28)8)16-36-32(34)18(3)4/h1,3,13-16H2,2,4-12H3. The molecule has 2 aromatic carbocycles. The summed E-state index contributed by atoms with van der Waals surface area (Å²) in [6, 6.07) is 0. The van der Waals surface area contributed by atoms with E-state index in [0.717, 1.165) is 24.0 Å². The maximum absolute atomic E-state index is 11.9. The van der Waals surface area contributed by atoms with Gasteiger partial charge in [-0.3, -0.25) is 0 Å². The summed E-state index contributed by atoms with van der Waals surface area (Å²) in [6.07, 6.45) is 1.85. The van der Waals surface area contributed by atoms with Gasteiger partial charge in [-0.15, -0.1) is 0 Å². The van der Waals surface area contributed by atoms with Crippen LogP contribution in [0, 0.1) is 55.4 Å². The van der Waals surface area contributed by atoms with E-state index in [1.165, 1.54) is 55.6 Å². The predicted octanol–water partition coefficient (Wildman–Crippen LogP) is 7.18. The maximum atomic E-state index is 11.9. The molecule has 0 heterocycles. The van der Waals surface area contributed by atoms with E-state index in [4.69, 9.17) is 9.47 Å². The largest absolute Gasteiger partial charge is 0.457 e. The second-order valence-electron chi connectivity index (χ2n) is 10.1. The molecule has 2 aromatic rings. The van der Waals surface area contributed by atoms with E-state index in [0.29, 0.717) is 11.1 Å². The van der Waals surface area contributed by atoms with Crippen LogP contribution in [0.5, 0.6) is 0 Å². The second kappa shape index (κ2) is 11.7. The number of ether oxygens (including phenoxy) is 2. The molecule has 0 radical (unpaired) electrons. The first-order chi connectivity index (χ1) is 16.7. The molecular formula is C32H42O4. The van der Waals surface area contributed by atoms with Gasteiger partial charge in [0.05, 0.1) is 0 Å². The third kappa shape index (κ3) is 5.98. The second-order valence-corrected chi connectivity index (χ2v) is 10.1. The maximum Gasteiger partial charge on any atom is 0.333 e. The Morgan fingerprint density at radius 2 is 0.722 bits per heavy atom. The van der Waals surface area contributed by atoms with E-state index in [-0.39, 0.29) is 25.2 Å². The van der Waals surface area contributed by atoms with Gasteiger partial charge in [-0.25, -0.2) is 9.59 Å². The smallest absolute Gasteiger partial charge is 0.333 e. The Balaban J connectivity index is 2.36. The van der Waals surface area contributed by atoms with Crippen LogP contribution in [-0.4, -0.2) is 11.9 Å². The molecule has 0 saturated carbocycles. The van der Waals surface area contributed by atoms with Crippen molar-refractivity contribution >= 4 is 11.9 Å². The highest BCUT2D eigenvalue weighted by molar-refractivity contribution is 5.87. The third-order valence-corrected chi connectivity index (χ3v) is 7.89. The van der Waals surface area contributed by atoms with Gasteiger partial charge in [0.15, 0.2) is 0 Å². The molecule has 2 rings (SSSR count). The number of benzene rings is 2. The molecule has 0 spiro atoms. The molecule has 4 nitrogen and oxygen atoms in total. The summed E-state index contributed by atoms with van der Waals surface area (Å²) in [5, 5.41) is 0. The average molecular weight is 491 g/mol. The Morgan fingerprint density at radius 3 is 0.944 bits per heavy atom. The molecule has 0 saturated heterocycles. The summed E-state index contributed by atoms with van der Waals surface area (Å²) in [4.78, 5) is 23.9. The normalized spacial score (nSPS) is 10.8. The summed E-state index contributed by atoms with van der Waals surface area (Å²) < 4.78 is 10.9. The Labute approximate surface area is 217 Å². The third-order valence-electron chi connectivity index (χ3n) is 7.89. The van der Waals surface area contributed by atoms with Crippen LogP contribution < -0.4 is 0 Å². The quantitative estimate of drug-likeness (QED) is 0.276. The molecular weight excluding hydrogens is 448 g/mol. The van der Waals surface area contributed by atoms with Gasteiger partial charge in [-0.1, -0.05) is 13.2 Å². The lowest BCUT2D eigenvalue weighted by Gasteiger charge is -2.23. The molecule has 0 unspecified atom stereocenters. The van der Waals surface area contributed by atoms with Gasteiger partial charge in [0.25, 0.3) is 0 Å². The van der Waals surface area contributed by atoms with Crippen LogP contribution in [0.2, 0.25) is 0 Å². The minimum absolute atomic E-state index is 0.263. The number of esters is 2. The Kier molecular flexibility index (Phi) is 9.48. The fraction of sp³-hybridized carbons (Fsp3) is 0.438. The van der Waals surface area contributed by atoms with Crippen molar-refractivity contribution in [2.45, 2.75) is 95.3 Å². The Bertz CT molecular complexity index is 1090. The van der Waals surface area contributed by atoms with Crippen LogP contribution in [0.3, 0.4) is 0 Å². The van der Waals surface area contributed by atoms with Gasteiger partial charge in [-0.05, 0) is 149 Å². The van der Waals surface area contributed by atoms with Crippen LogP contribution in [0.25, 0.3) is 0 Å². The fourth-order valence-electron chi connectivity index (χ4n) is 4.89. The topological polar surface area (TPSA) is 52.6 Å². The summed E-state index contributed by atoms with van der Waals surface area (Å²) in [6.45, 7) is 28.3. The minimum Gasteiger partial charge on any atom is -0.457 e. The first-order valence-corrected chi connectivity index (χ1v) is 12.5. The number of rotatable bonds is 9. The van der Waals surface area contributed by atoms with Gasteiger partial charge >= 0.3 is 11.9 Å². The number of carbonyl (C=O) groups is 2. The first-order valence-electron chi connectivity index (χ1n) is 12.5. The van der Waals surface area contributed by atoms with Crippen LogP contribution in [-0.2, 0) is 45.1 Å². The van der Waals surface area contributed by atoms with Crippen molar-refractivity contribution in [1.29, 1.82) is 0 Å². The lowest BCUT2D eigenvalue weighted by Crippen LogP contribution is -2.12. The average Bonchev–Trinajstić information content (AvgIpc) is 2.82. The van der Waals surface area contributed by atoms with E-state index in [1.807, 2.05) is 0 Å². The Morgan fingerprint density at radius 1 is 0.500 bits per heavy atom. The lowest BCUT2D eigenvalue weighted by atomic mass is 9.83. The minimum atomic E-state index is -0.359. The molecule has 0 atom stereocenters. The van der Waals surface area contributed by atoms with Crippen LogP contribution >= 0.6 is 0 Å². The molecule has 0 aromatic heterocycles. The van der Waals surface area contributed by atoms with Crippen molar-refractivity contribution in [3.8, 4) is 0 Å². The van der Waals surface area contributed by atoms with Crippen LogP contribution in [0.15, 0.2) is 24.3 Å². The Hall–Kier alpha value is -3.14. The zero-order valence-electron chi connectivity index (χ0n) is 23.9. The van der Waals surface area contributed by atoms with Crippen molar-refractivity contribution in [3.63, 3.8) is 0 Å². The zero-order chi connectivity index (χ0) is 27.5. The lowest BCUT2D eigenvalue weighted by molar-refractivity contribution is -0.141. The monoisotopic (exact) mass is 490 g/mol. The van der Waals surface area contributed by atoms with Gasteiger partial charge in [-0.2, -0.15) is 0 Å². The van der Waals surface area contributed by atoms with Gasteiger partial charge < -0.3 is 9.47 Å². The van der Waals surface area contributed by atoms with E-state index >= 15 is 0 Å². The van der Waals surface area contributed by atoms with E-state index in [9.17, 15) is 9.59 Å². The fourth-order valence-corrected chi connectivity index (χ4v) is 4.89. The highest BCUT2D eigenvalue weighted by Crippen LogP contribution is 2.32. The molecule has 194 valence electrons. The first kappa shape index (κ1) is 29.1. The summed E-state index contributed by atoms with van der Waals surface area (Å²) in [5.74, 6) is -0.717. The molecule has 0 amide bonds. The highest BCUT2D eigenvalue weighted by Gasteiger charge is 2.19. The molecule has 0 aliphatic heterocycles. The molecule has 4 heteroatoms. The molecule has 0 aliphatic carbocycles.